The standard InChI is InChI=1S/C18H16FIN4O/c1-24-16(25)18(11-5-6-11,23-17(24)21)12-4-2-3-10(7-12)14-8-13(20)9-22-15(14)19/h2-4,7-9,11H,5-6H2,1H3,(H2,21,23)/t18-/m1/s1. The van der Waals surface area contributed by atoms with Gasteiger partial charge in [-0.3, -0.25) is 9.69 Å². The highest BCUT2D eigenvalue weighted by atomic mass is 127. The number of aliphatic imine (C=N–C) groups is 1. The zero-order chi connectivity index (χ0) is 17.8. The van der Waals surface area contributed by atoms with Crippen LogP contribution in [0.5, 0.6) is 0 Å². The van der Waals surface area contributed by atoms with Crippen molar-refractivity contribution < 1.29 is 9.18 Å². The molecule has 0 radical (unpaired) electrons. The van der Waals surface area contributed by atoms with Crippen LogP contribution >= 0.6 is 22.6 Å². The lowest BCUT2D eigenvalue weighted by atomic mass is 9.83. The number of nitrogens with two attached hydrogens (primary N) is 1. The summed E-state index contributed by atoms with van der Waals surface area (Å²) in [5, 5.41) is 0. The average molecular weight is 450 g/mol. The van der Waals surface area contributed by atoms with E-state index in [9.17, 15) is 9.18 Å². The van der Waals surface area contributed by atoms with Crippen LogP contribution in [0.4, 0.5) is 4.39 Å². The summed E-state index contributed by atoms with van der Waals surface area (Å²) in [6.45, 7) is 0. The normalized spacial score (nSPS) is 23.1. The number of hydrogen-bond acceptors (Lipinski definition) is 4. The Kier molecular flexibility index (Phi) is 3.78. The maximum atomic E-state index is 14.2. The highest BCUT2D eigenvalue weighted by molar-refractivity contribution is 14.1. The van der Waals surface area contributed by atoms with E-state index in [4.69, 9.17) is 5.73 Å². The lowest BCUT2D eigenvalue weighted by Gasteiger charge is -2.25. The molecule has 7 heteroatoms. The average Bonchev–Trinajstić information content (AvgIpc) is 3.42. The summed E-state index contributed by atoms with van der Waals surface area (Å²) in [7, 11) is 1.64. The van der Waals surface area contributed by atoms with E-state index in [2.05, 4.69) is 32.6 Å². The van der Waals surface area contributed by atoms with Crippen LogP contribution in [-0.4, -0.2) is 28.8 Å². The van der Waals surface area contributed by atoms with Gasteiger partial charge in [-0.05, 0) is 64.6 Å². The van der Waals surface area contributed by atoms with Gasteiger partial charge in [-0.1, -0.05) is 18.2 Å². The van der Waals surface area contributed by atoms with Crippen LogP contribution in [0, 0.1) is 15.4 Å². The molecule has 4 rings (SSSR count). The predicted molar refractivity (Wildman–Crippen MR) is 101 cm³/mol. The number of guanidine groups is 1. The van der Waals surface area contributed by atoms with Crippen LogP contribution in [0.2, 0.25) is 0 Å². The second-order valence-electron chi connectivity index (χ2n) is 6.45. The van der Waals surface area contributed by atoms with E-state index in [1.165, 1.54) is 11.1 Å². The number of nitrogens with zero attached hydrogens (tertiary/aromatic N) is 3. The van der Waals surface area contributed by atoms with E-state index in [1.54, 1.807) is 13.1 Å². The molecule has 0 spiro atoms. The number of benzene rings is 1. The van der Waals surface area contributed by atoms with Gasteiger partial charge in [-0.2, -0.15) is 4.39 Å². The first-order valence-corrected chi connectivity index (χ1v) is 9.07. The largest absolute Gasteiger partial charge is 0.369 e. The molecule has 1 atom stereocenters. The summed E-state index contributed by atoms with van der Waals surface area (Å²) in [6, 6.07) is 9.09. The van der Waals surface area contributed by atoms with Gasteiger partial charge in [-0.25, -0.2) is 9.98 Å². The minimum atomic E-state index is -0.985. The van der Waals surface area contributed by atoms with Gasteiger partial charge in [0.1, 0.15) is 0 Å². The van der Waals surface area contributed by atoms with Crippen molar-refractivity contribution >= 4 is 34.5 Å². The van der Waals surface area contributed by atoms with Crippen molar-refractivity contribution in [2.24, 2.45) is 16.6 Å². The zero-order valence-corrected chi connectivity index (χ0v) is 15.7. The van der Waals surface area contributed by atoms with Crippen LogP contribution in [0.3, 0.4) is 0 Å². The fourth-order valence-corrected chi connectivity index (χ4v) is 3.85. The fraction of sp³-hybridized carbons (Fsp3) is 0.278. The minimum absolute atomic E-state index is 0.120. The number of amides is 1. The van der Waals surface area contributed by atoms with Crippen LogP contribution in [0.15, 0.2) is 41.5 Å². The highest BCUT2D eigenvalue weighted by Crippen LogP contribution is 2.51. The van der Waals surface area contributed by atoms with Gasteiger partial charge in [0.05, 0.1) is 0 Å². The lowest BCUT2D eigenvalue weighted by molar-refractivity contribution is -0.131. The van der Waals surface area contributed by atoms with Crippen LogP contribution < -0.4 is 5.73 Å². The number of aromatic nitrogens is 1. The second-order valence-corrected chi connectivity index (χ2v) is 7.69. The summed E-state index contributed by atoms with van der Waals surface area (Å²) >= 11 is 2.10. The van der Waals surface area contributed by atoms with Gasteiger partial charge in [0.15, 0.2) is 11.5 Å². The van der Waals surface area contributed by atoms with Crippen molar-refractivity contribution in [3.8, 4) is 11.1 Å². The Labute approximate surface area is 158 Å². The number of carbonyl (C=O) groups excluding carboxylic acids is 1. The third kappa shape index (κ3) is 2.52. The molecule has 2 aromatic rings. The molecule has 0 bridgehead atoms. The van der Waals surface area contributed by atoms with E-state index in [-0.39, 0.29) is 17.8 Å². The second kappa shape index (κ2) is 5.76. The van der Waals surface area contributed by atoms with Crippen LogP contribution in [0.25, 0.3) is 11.1 Å². The lowest BCUT2D eigenvalue weighted by Crippen LogP contribution is -2.41. The van der Waals surface area contributed by atoms with E-state index in [0.29, 0.717) is 11.1 Å². The van der Waals surface area contributed by atoms with E-state index in [0.717, 1.165) is 22.0 Å². The van der Waals surface area contributed by atoms with E-state index < -0.39 is 11.5 Å². The fourth-order valence-electron chi connectivity index (χ4n) is 3.40. The molecule has 1 aromatic carbocycles. The molecule has 1 amide bonds. The SMILES string of the molecule is CN1C(=O)[C@](c2cccc(-c3cc(I)cnc3F)c2)(C2CC2)N=C1N. The van der Waals surface area contributed by atoms with Crippen molar-refractivity contribution in [1.29, 1.82) is 0 Å². The maximum absolute atomic E-state index is 14.2. The predicted octanol–water partition coefficient (Wildman–Crippen LogP) is 2.88. The quantitative estimate of drug-likeness (QED) is 0.578. The molecule has 2 N–H and O–H groups in total. The molecular formula is C18H16FIN4O. The first kappa shape index (κ1) is 16.4. The van der Waals surface area contributed by atoms with Crippen molar-refractivity contribution in [2.45, 2.75) is 18.4 Å². The van der Waals surface area contributed by atoms with Gasteiger partial charge in [0, 0.05) is 22.4 Å². The van der Waals surface area contributed by atoms with Crippen molar-refractivity contribution in [2.75, 3.05) is 7.05 Å². The van der Waals surface area contributed by atoms with Crippen molar-refractivity contribution in [3.63, 3.8) is 0 Å². The third-order valence-electron chi connectivity index (χ3n) is 4.85. The number of pyridine rings is 1. The third-order valence-corrected chi connectivity index (χ3v) is 5.44. The maximum Gasteiger partial charge on any atom is 0.261 e. The monoisotopic (exact) mass is 450 g/mol. The highest BCUT2D eigenvalue weighted by Gasteiger charge is 2.57. The van der Waals surface area contributed by atoms with Crippen molar-refractivity contribution in [1.82, 2.24) is 9.88 Å². The summed E-state index contributed by atoms with van der Waals surface area (Å²) in [6.07, 6.45) is 3.34. The van der Waals surface area contributed by atoms with Gasteiger partial charge in [0.25, 0.3) is 5.91 Å². The van der Waals surface area contributed by atoms with Crippen LogP contribution in [0.1, 0.15) is 18.4 Å². The van der Waals surface area contributed by atoms with Crippen LogP contribution in [-0.2, 0) is 10.3 Å². The Morgan fingerprint density at radius 1 is 1.36 bits per heavy atom. The molecule has 0 saturated heterocycles. The Balaban J connectivity index is 1.87. The van der Waals surface area contributed by atoms with Gasteiger partial charge < -0.3 is 5.73 Å². The zero-order valence-electron chi connectivity index (χ0n) is 13.5. The Hall–Kier alpha value is -2.03. The summed E-state index contributed by atoms with van der Waals surface area (Å²) in [4.78, 5) is 22.7. The molecule has 25 heavy (non-hydrogen) atoms. The first-order chi connectivity index (χ1) is 11.9. The van der Waals surface area contributed by atoms with Gasteiger partial charge >= 0.3 is 0 Å². The molecule has 0 unspecified atom stereocenters. The molecule has 2 heterocycles. The molecule has 5 nitrogen and oxygen atoms in total. The molecule has 1 aliphatic heterocycles. The van der Waals surface area contributed by atoms with Gasteiger partial charge in [-0.15, -0.1) is 0 Å². The van der Waals surface area contributed by atoms with Crippen molar-refractivity contribution in [3.05, 3.63) is 51.6 Å². The summed E-state index contributed by atoms with van der Waals surface area (Å²) < 4.78 is 15.0. The van der Waals surface area contributed by atoms with E-state index >= 15 is 0 Å². The summed E-state index contributed by atoms with van der Waals surface area (Å²) in [5.74, 6) is -0.288. The molecule has 1 aromatic heterocycles. The van der Waals surface area contributed by atoms with E-state index in [1.807, 2.05) is 24.3 Å². The summed E-state index contributed by atoms with van der Waals surface area (Å²) in [5.41, 5.74) is 6.78. The number of rotatable bonds is 3. The smallest absolute Gasteiger partial charge is 0.261 e. The number of hydrogen-bond donors (Lipinski definition) is 1. The number of likely N-dealkylation sites (N-methyl/N-ethyl adjacent to an activating group) is 1. The molecular weight excluding hydrogens is 434 g/mol. The number of halogens is 2. The molecule has 1 aliphatic carbocycles. The molecule has 128 valence electrons. The molecule has 1 saturated carbocycles. The molecule has 1 fully saturated rings. The topological polar surface area (TPSA) is 71.6 Å². The minimum Gasteiger partial charge on any atom is -0.369 e. The first-order valence-electron chi connectivity index (χ1n) is 7.99. The Bertz CT molecular complexity index is 912. The number of carbonyl (C=O) groups is 1. The Morgan fingerprint density at radius 2 is 2.12 bits per heavy atom. The van der Waals surface area contributed by atoms with Gasteiger partial charge in [0.2, 0.25) is 5.95 Å². The Morgan fingerprint density at radius 3 is 2.76 bits per heavy atom. The molecule has 2 aliphatic rings.